The van der Waals surface area contributed by atoms with Gasteiger partial charge in [-0.2, -0.15) is 4.31 Å². The first-order valence-corrected chi connectivity index (χ1v) is 7.95. The maximum absolute atomic E-state index is 12.3. The van der Waals surface area contributed by atoms with Gasteiger partial charge in [0.2, 0.25) is 9.47 Å². The standard InChI is InChI=1S/C9H17N5O5S2/c1-10-7(15)11-8-12-13-9(20-8)21(16,17)14(2)5-6(18-3)19-4/h6H,5H2,1-4H3,(H2,10,11,12,15). The second-order valence-corrected chi connectivity index (χ2v) is 6.96. The molecule has 1 aromatic rings. The lowest BCUT2D eigenvalue weighted by atomic mass is 10.6. The molecule has 21 heavy (non-hydrogen) atoms. The van der Waals surface area contributed by atoms with E-state index in [4.69, 9.17) is 9.47 Å². The third kappa shape index (κ3) is 4.57. The first kappa shape index (κ1) is 17.7. The molecule has 0 aromatic carbocycles. The maximum atomic E-state index is 12.3. The van der Waals surface area contributed by atoms with Crippen LogP contribution in [0.4, 0.5) is 9.93 Å². The Morgan fingerprint density at radius 3 is 2.52 bits per heavy atom. The number of nitrogens with one attached hydrogen (secondary N) is 2. The highest BCUT2D eigenvalue weighted by molar-refractivity contribution is 7.91. The number of carbonyl (C=O) groups excluding carboxylic acids is 1. The van der Waals surface area contributed by atoms with Gasteiger partial charge in [0.25, 0.3) is 10.0 Å². The van der Waals surface area contributed by atoms with Gasteiger partial charge in [0, 0.05) is 28.3 Å². The van der Waals surface area contributed by atoms with Gasteiger partial charge in [0.15, 0.2) is 6.29 Å². The molecule has 0 radical (unpaired) electrons. The lowest BCUT2D eigenvalue weighted by Crippen LogP contribution is -2.36. The van der Waals surface area contributed by atoms with Gasteiger partial charge in [0.1, 0.15) is 0 Å². The molecule has 0 spiro atoms. The second-order valence-electron chi connectivity index (χ2n) is 3.76. The van der Waals surface area contributed by atoms with Crippen molar-refractivity contribution in [1.29, 1.82) is 0 Å². The van der Waals surface area contributed by atoms with Gasteiger partial charge in [-0.15, -0.1) is 10.2 Å². The number of anilines is 1. The summed E-state index contributed by atoms with van der Waals surface area (Å²) in [7, 11) is 1.78. The van der Waals surface area contributed by atoms with Crippen LogP contribution in [0.5, 0.6) is 0 Å². The molecule has 2 N–H and O–H groups in total. The van der Waals surface area contributed by atoms with E-state index in [-0.39, 0.29) is 16.0 Å². The van der Waals surface area contributed by atoms with Crippen molar-refractivity contribution in [3.8, 4) is 0 Å². The van der Waals surface area contributed by atoms with E-state index in [0.717, 1.165) is 15.6 Å². The highest BCUT2D eigenvalue weighted by Crippen LogP contribution is 2.22. The first-order valence-electron chi connectivity index (χ1n) is 5.69. The van der Waals surface area contributed by atoms with Gasteiger partial charge in [-0.25, -0.2) is 13.2 Å². The van der Waals surface area contributed by atoms with E-state index in [1.807, 2.05) is 0 Å². The minimum absolute atomic E-state index is 0.00682. The summed E-state index contributed by atoms with van der Waals surface area (Å²) in [5, 5.41) is 11.9. The number of amides is 2. The van der Waals surface area contributed by atoms with Gasteiger partial charge in [-0.1, -0.05) is 11.3 Å². The molecule has 1 rings (SSSR count). The molecule has 0 atom stereocenters. The molecule has 0 saturated carbocycles. The lowest BCUT2D eigenvalue weighted by molar-refractivity contribution is -0.106. The highest BCUT2D eigenvalue weighted by atomic mass is 32.2. The van der Waals surface area contributed by atoms with E-state index in [1.54, 1.807) is 0 Å². The molecule has 0 saturated heterocycles. The molecule has 1 aromatic heterocycles. The van der Waals surface area contributed by atoms with Crippen LogP contribution < -0.4 is 10.6 Å². The average Bonchev–Trinajstić information content (AvgIpc) is 2.93. The molecular formula is C9H17N5O5S2. The van der Waals surface area contributed by atoms with E-state index in [1.165, 1.54) is 28.3 Å². The molecule has 12 heteroatoms. The fourth-order valence-corrected chi connectivity index (χ4v) is 3.45. The van der Waals surface area contributed by atoms with E-state index in [9.17, 15) is 13.2 Å². The van der Waals surface area contributed by atoms with Crippen molar-refractivity contribution >= 4 is 32.5 Å². The summed E-state index contributed by atoms with van der Waals surface area (Å²) >= 11 is 0.749. The summed E-state index contributed by atoms with van der Waals surface area (Å²) in [6.07, 6.45) is -0.693. The summed E-state index contributed by atoms with van der Waals surface area (Å²) in [6, 6.07) is -0.512. The van der Waals surface area contributed by atoms with Crippen molar-refractivity contribution in [1.82, 2.24) is 19.8 Å². The molecule has 0 bridgehead atoms. The van der Waals surface area contributed by atoms with Gasteiger partial charge in [0.05, 0.1) is 6.54 Å². The summed E-state index contributed by atoms with van der Waals surface area (Å²) in [5.74, 6) is 0. The normalized spacial score (nSPS) is 11.9. The Morgan fingerprint density at radius 1 is 1.38 bits per heavy atom. The van der Waals surface area contributed by atoms with Gasteiger partial charge in [-0.05, 0) is 0 Å². The zero-order valence-electron chi connectivity index (χ0n) is 12.0. The Hall–Kier alpha value is -1.34. The number of nitrogens with zero attached hydrogens (tertiary/aromatic N) is 3. The predicted molar refractivity (Wildman–Crippen MR) is 75.6 cm³/mol. The Balaban J connectivity index is 2.85. The van der Waals surface area contributed by atoms with E-state index < -0.39 is 22.3 Å². The number of ether oxygens (including phenoxy) is 2. The van der Waals surface area contributed by atoms with Gasteiger partial charge >= 0.3 is 6.03 Å². The van der Waals surface area contributed by atoms with Crippen molar-refractivity contribution in [2.75, 3.05) is 40.2 Å². The van der Waals surface area contributed by atoms with Crippen LogP contribution in [0, 0.1) is 0 Å². The summed E-state index contributed by atoms with van der Waals surface area (Å²) in [6.45, 7) is -0.00682. The summed E-state index contributed by atoms with van der Waals surface area (Å²) in [5.41, 5.74) is 0. The molecule has 0 aliphatic rings. The summed E-state index contributed by atoms with van der Waals surface area (Å²) < 4.78 is 35.2. The van der Waals surface area contributed by atoms with Gasteiger partial charge < -0.3 is 14.8 Å². The van der Waals surface area contributed by atoms with Crippen LogP contribution in [0.3, 0.4) is 0 Å². The Kier molecular flexibility index (Phi) is 6.42. The molecule has 120 valence electrons. The number of likely N-dealkylation sites (N-methyl/N-ethyl adjacent to an activating group) is 1. The van der Waals surface area contributed by atoms with Gasteiger partial charge in [-0.3, -0.25) is 5.32 Å². The first-order chi connectivity index (χ1) is 9.84. The molecular weight excluding hydrogens is 322 g/mol. The minimum atomic E-state index is -3.83. The fraction of sp³-hybridized carbons (Fsp3) is 0.667. The molecule has 1 heterocycles. The van der Waals surface area contributed by atoms with Crippen molar-refractivity contribution in [2.24, 2.45) is 0 Å². The molecule has 0 fully saturated rings. The number of hydrogen-bond donors (Lipinski definition) is 2. The van der Waals surface area contributed by atoms with Crippen LogP contribution >= 0.6 is 11.3 Å². The van der Waals surface area contributed by atoms with Crippen LogP contribution in [0.15, 0.2) is 4.34 Å². The van der Waals surface area contributed by atoms with Crippen molar-refractivity contribution in [3.63, 3.8) is 0 Å². The number of sulfonamides is 1. The Bertz CT molecular complexity index is 571. The number of carbonyl (C=O) groups is 1. The number of methoxy groups -OCH3 is 2. The topological polar surface area (TPSA) is 123 Å². The average molecular weight is 339 g/mol. The van der Waals surface area contributed by atoms with Crippen LogP contribution in [0.2, 0.25) is 0 Å². The quantitative estimate of drug-likeness (QED) is 0.508. The number of rotatable bonds is 7. The largest absolute Gasteiger partial charge is 0.355 e. The molecule has 2 amide bonds. The minimum Gasteiger partial charge on any atom is -0.355 e. The smallest absolute Gasteiger partial charge is 0.320 e. The predicted octanol–water partition coefficient (Wildman–Crippen LogP) is -0.471. The fourth-order valence-electron chi connectivity index (χ4n) is 1.21. The number of urea groups is 1. The molecule has 0 aliphatic heterocycles. The summed E-state index contributed by atoms with van der Waals surface area (Å²) in [4.78, 5) is 11.1. The Morgan fingerprint density at radius 2 is 2.00 bits per heavy atom. The number of hydrogen-bond acceptors (Lipinski definition) is 8. The van der Waals surface area contributed by atoms with Crippen LogP contribution in [-0.2, 0) is 19.5 Å². The van der Waals surface area contributed by atoms with E-state index >= 15 is 0 Å². The third-order valence-electron chi connectivity index (χ3n) is 2.42. The van der Waals surface area contributed by atoms with Crippen molar-refractivity contribution in [3.05, 3.63) is 0 Å². The van der Waals surface area contributed by atoms with E-state index in [2.05, 4.69) is 20.8 Å². The van der Waals surface area contributed by atoms with Crippen LogP contribution in [-0.4, -0.2) is 70.1 Å². The molecule has 0 unspecified atom stereocenters. The third-order valence-corrected chi connectivity index (χ3v) is 5.42. The SMILES string of the molecule is CNC(=O)Nc1nnc(S(=O)(=O)N(C)CC(OC)OC)s1. The van der Waals surface area contributed by atoms with Crippen LogP contribution in [0.25, 0.3) is 0 Å². The monoisotopic (exact) mass is 339 g/mol. The Labute approximate surface area is 126 Å². The highest BCUT2D eigenvalue weighted by Gasteiger charge is 2.28. The van der Waals surface area contributed by atoms with Crippen LogP contribution in [0.1, 0.15) is 0 Å². The second kappa shape index (κ2) is 7.61. The van der Waals surface area contributed by atoms with Crippen molar-refractivity contribution < 1.29 is 22.7 Å². The van der Waals surface area contributed by atoms with Crippen molar-refractivity contribution in [2.45, 2.75) is 10.6 Å². The molecule has 0 aliphatic carbocycles. The van der Waals surface area contributed by atoms with E-state index in [0.29, 0.717) is 0 Å². The maximum Gasteiger partial charge on any atom is 0.320 e. The number of aromatic nitrogens is 2. The zero-order valence-corrected chi connectivity index (χ0v) is 13.6. The lowest BCUT2D eigenvalue weighted by Gasteiger charge is -2.20. The zero-order chi connectivity index (χ0) is 16.0. The molecule has 10 nitrogen and oxygen atoms in total.